The molecule has 0 aromatic heterocycles. The minimum Gasteiger partial charge on any atom is -0.372 e. The van der Waals surface area contributed by atoms with Crippen molar-refractivity contribution >= 4 is 29.1 Å². The van der Waals surface area contributed by atoms with E-state index in [0.29, 0.717) is 23.8 Å². The van der Waals surface area contributed by atoms with Crippen LogP contribution in [0.5, 0.6) is 0 Å². The van der Waals surface area contributed by atoms with E-state index in [-0.39, 0.29) is 12.3 Å². The molecule has 0 heterocycles. The first kappa shape index (κ1) is 16.3. The highest BCUT2D eigenvalue weighted by Crippen LogP contribution is 2.21. The number of carbonyl (C=O) groups is 2. The van der Waals surface area contributed by atoms with Gasteiger partial charge in [-0.05, 0) is 26.0 Å². The fourth-order valence-corrected chi connectivity index (χ4v) is 2.06. The number of nitrogens with zero attached hydrogens (tertiary/aromatic N) is 1. The normalized spacial score (nSPS) is 11.8. The molecule has 110 valence electrons. The van der Waals surface area contributed by atoms with Crippen LogP contribution in [0.1, 0.15) is 20.3 Å². The van der Waals surface area contributed by atoms with E-state index in [1.807, 2.05) is 13.8 Å². The number of nitrogens with two attached hydrogens (primary N) is 1. The van der Waals surface area contributed by atoms with Crippen molar-refractivity contribution in [2.24, 2.45) is 5.73 Å². The van der Waals surface area contributed by atoms with E-state index in [2.05, 4.69) is 5.32 Å². The van der Waals surface area contributed by atoms with Crippen LogP contribution in [0.2, 0.25) is 5.02 Å². The first-order valence-electron chi connectivity index (χ1n) is 6.57. The molecule has 0 spiro atoms. The van der Waals surface area contributed by atoms with E-state index in [9.17, 15) is 9.59 Å². The summed E-state index contributed by atoms with van der Waals surface area (Å²) in [6.07, 6.45) is 0.0161. The Labute approximate surface area is 124 Å². The quantitative estimate of drug-likeness (QED) is 0.806. The zero-order chi connectivity index (χ0) is 15.1. The van der Waals surface area contributed by atoms with Gasteiger partial charge in [0, 0.05) is 13.1 Å². The second-order valence-electron chi connectivity index (χ2n) is 4.35. The zero-order valence-electron chi connectivity index (χ0n) is 11.7. The summed E-state index contributed by atoms with van der Waals surface area (Å²) < 4.78 is 0. The van der Waals surface area contributed by atoms with Crippen molar-refractivity contribution in [2.45, 2.75) is 26.3 Å². The maximum absolute atomic E-state index is 12.0. The van der Waals surface area contributed by atoms with Crippen LogP contribution >= 0.6 is 11.6 Å². The van der Waals surface area contributed by atoms with Gasteiger partial charge in [0.05, 0.1) is 17.1 Å². The molecule has 1 atom stereocenters. The van der Waals surface area contributed by atoms with E-state index in [1.54, 1.807) is 29.2 Å². The number of para-hydroxylation sites is 1. The second kappa shape index (κ2) is 7.75. The van der Waals surface area contributed by atoms with Crippen LogP contribution in [-0.2, 0) is 9.59 Å². The molecule has 0 aliphatic rings. The Bertz CT molecular complexity index is 475. The molecule has 5 nitrogen and oxygen atoms in total. The molecule has 0 bridgehead atoms. The van der Waals surface area contributed by atoms with Gasteiger partial charge in [0.25, 0.3) is 0 Å². The van der Waals surface area contributed by atoms with Crippen LogP contribution in [0.25, 0.3) is 0 Å². The number of primary amides is 1. The van der Waals surface area contributed by atoms with E-state index < -0.39 is 11.9 Å². The minimum absolute atomic E-state index is 0.0161. The van der Waals surface area contributed by atoms with E-state index in [1.165, 1.54) is 0 Å². The number of hydrogen-bond acceptors (Lipinski definition) is 3. The molecule has 1 aromatic carbocycles. The van der Waals surface area contributed by atoms with E-state index >= 15 is 0 Å². The lowest BCUT2D eigenvalue weighted by atomic mass is 10.1. The summed E-state index contributed by atoms with van der Waals surface area (Å²) in [6.45, 7) is 4.99. The third-order valence-electron chi connectivity index (χ3n) is 3.04. The summed E-state index contributed by atoms with van der Waals surface area (Å²) in [5, 5.41) is 3.41. The Morgan fingerprint density at radius 2 is 1.90 bits per heavy atom. The van der Waals surface area contributed by atoms with Crippen molar-refractivity contribution in [3.05, 3.63) is 29.3 Å². The average Bonchev–Trinajstić information content (AvgIpc) is 2.41. The predicted molar refractivity (Wildman–Crippen MR) is 80.6 cm³/mol. The van der Waals surface area contributed by atoms with E-state index in [4.69, 9.17) is 17.3 Å². The summed E-state index contributed by atoms with van der Waals surface area (Å²) in [5.41, 5.74) is 5.94. The molecule has 3 N–H and O–H groups in total. The number of benzene rings is 1. The number of halogens is 1. The zero-order valence-corrected chi connectivity index (χ0v) is 12.5. The molecule has 0 saturated heterocycles. The molecule has 2 amide bonds. The molecular formula is C14H20ClN3O2. The number of rotatable bonds is 7. The second-order valence-corrected chi connectivity index (χ2v) is 4.76. The highest BCUT2D eigenvalue weighted by Gasteiger charge is 2.22. The molecule has 0 radical (unpaired) electrons. The topological polar surface area (TPSA) is 75.4 Å². The number of anilines is 1. The Morgan fingerprint density at radius 1 is 1.30 bits per heavy atom. The smallest absolute Gasteiger partial charge is 0.240 e. The third kappa shape index (κ3) is 4.42. The fraction of sp³-hybridized carbons (Fsp3) is 0.429. The third-order valence-corrected chi connectivity index (χ3v) is 3.37. The van der Waals surface area contributed by atoms with Crippen molar-refractivity contribution in [1.29, 1.82) is 0 Å². The largest absolute Gasteiger partial charge is 0.372 e. The van der Waals surface area contributed by atoms with Crippen LogP contribution in [0.15, 0.2) is 24.3 Å². The highest BCUT2D eigenvalue weighted by molar-refractivity contribution is 6.33. The van der Waals surface area contributed by atoms with Gasteiger partial charge >= 0.3 is 0 Å². The van der Waals surface area contributed by atoms with Crippen LogP contribution in [-0.4, -0.2) is 35.8 Å². The molecule has 1 unspecified atom stereocenters. The molecule has 0 saturated carbocycles. The lowest BCUT2D eigenvalue weighted by molar-refractivity contribution is -0.133. The first-order valence-corrected chi connectivity index (χ1v) is 6.95. The van der Waals surface area contributed by atoms with Crippen LogP contribution in [0.4, 0.5) is 5.69 Å². The van der Waals surface area contributed by atoms with Gasteiger partial charge in [-0.1, -0.05) is 23.7 Å². The highest BCUT2D eigenvalue weighted by atomic mass is 35.5. The number of carbonyl (C=O) groups excluding carboxylic acids is 2. The summed E-state index contributed by atoms with van der Waals surface area (Å²) in [5.74, 6) is -0.691. The summed E-state index contributed by atoms with van der Waals surface area (Å²) in [4.78, 5) is 25.2. The van der Waals surface area contributed by atoms with Crippen molar-refractivity contribution in [2.75, 3.05) is 18.4 Å². The van der Waals surface area contributed by atoms with Crippen molar-refractivity contribution in [3.63, 3.8) is 0 Å². The van der Waals surface area contributed by atoms with Gasteiger partial charge < -0.3 is 16.0 Å². The average molecular weight is 298 g/mol. The van der Waals surface area contributed by atoms with Crippen LogP contribution in [0.3, 0.4) is 0 Å². The van der Waals surface area contributed by atoms with Gasteiger partial charge in [-0.3, -0.25) is 9.59 Å². The van der Waals surface area contributed by atoms with Gasteiger partial charge in [-0.2, -0.15) is 0 Å². The maximum atomic E-state index is 12.0. The maximum Gasteiger partial charge on any atom is 0.240 e. The van der Waals surface area contributed by atoms with Crippen LogP contribution < -0.4 is 11.1 Å². The Hall–Kier alpha value is -1.75. The fourth-order valence-electron chi connectivity index (χ4n) is 1.87. The van der Waals surface area contributed by atoms with Crippen molar-refractivity contribution in [3.8, 4) is 0 Å². The molecule has 1 aromatic rings. The summed E-state index contributed by atoms with van der Waals surface area (Å²) in [7, 11) is 0. The molecular weight excluding hydrogens is 278 g/mol. The van der Waals surface area contributed by atoms with Crippen molar-refractivity contribution in [1.82, 2.24) is 4.90 Å². The molecule has 0 aliphatic carbocycles. The first-order chi connectivity index (χ1) is 9.49. The summed E-state index contributed by atoms with van der Waals surface area (Å²) >= 11 is 6.02. The standard InChI is InChI=1S/C14H20ClN3O2/c1-3-18(4-2)13(19)9-12(14(16)20)17-11-8-6-5-7-10(11)15/h5-8,12,17H,3-4,9H2,1-2H3,(H2,16,20). The Kier molecular flexibility index (Phi) is 6.31. The number of hydrogen-bond donors (Lipinski definition) is 2. The van der Waals surface area contributed by atoms with E-state index in [0.717, 1.165) is 0 Å². The van der Waals surface area contributed by atoms with Gasteiger partial charge in [-0.15, -0.1) is 0 Å². The van der Waals surface area contributed by atoms with Crippen LogP contribution in [0, 0.1) is 0 Å². The molecule has 20 heavy (non-hydrogen) atoms. The number of amides is 2. The molecule has 1 rings (SSSR count). The molecule has 6 heteroatoms. The van der Waals surface area contributed by atoms with Gasteiger partial charge in [0.15, 0.2) is 0 Å². The van der Waals surface area contributed by atoms with Gasteiger partial charge in [-0.25, -0.2) is 0 Å². The van der Waals surface area contributed by atoms with Gasteiger partial charge in [0.1, 0.15) is 6.04 Å². The molecule has 0 aliphatic heterocycles. The Morgan fingerprint density at radius 3 is 2.40 bits per heavy atom. The monoisotopic (exact) mass is 297 g/mol. The van der Waals surface area contributed by atoms with Crippen molar-refractivity contribution < 1.29 is 9.59 Å². The lowest BCUT2D eigenvalue weighted by Gasteiger charge is -2.22. The number of nitrogens with one attached hydrogen (secondary N) is 1. The van der Waals surface area contributed by atoms with Gasteiger partial charge in [0.2, 0.25) is 11.8 Å². The molecule has 0 fully saturated rings. The Balaban J connectivity index is 2.78. The predicted octanol–water partition coefficient (Wildman–Crippen LogP) is 1.86. The SMILES string of the molecule is CCN(CC)C(=O)CC(Nc1ccccc1Cl)C(N)=O. The lowest BCUT2D eigenvalue weighted by Crippen LogP contribution is -2.41. The minimum atomic E-state index is -0.775. The summed E-state index contributed by atoms with van der Waals surface area (Å²) in [6, 6.07) is 6.24.